The van der Waals surface area contributed by atoms with Crippen molar-refractivity contribution in [2.24, 2.45) is 5.41 Å². The van der Waals surface area contributed by atoms with Crippen molar-refractivity contribution in [1.82, 2.24) is 5.32 Å². The van der Waals surface area contributed by atoms with Crippen molar-refractivity contribution in [3.63, 3.8) is 0 Å². The average molecular weight is 283 g/mol. The highest BCUT2D eigenvalue weighted by atomic mass is 32.1. The van der Waals surface area contributed by atoms with Gasteiger partial charge in [0, 0.05) is 18.0 Å². The van der Waals surface area contributed by atoms with Crippen molar-refractivity contribution in [2.75, 3.05) is 13.7 Å². The van der Waals surface area contributed by atoms with Crippen molar-refractivity contribution in [1.29, 1.82) is 0 Å². The van der Waals surface area contributed by atoms with Crippen LogP contribution in [0.5, 0.6) is 5.75 Å². The molecule has 0 aromatic carbocycles. The number of carbonyl (C=O) groups excluding carboxylic acids is 1. The molecule has 0 spiro atoms. The third-order valence-corrected chi connectivity index (χ3v) is 4.51. The largest absolute Gasteiger partial charge is 0.496 e. The van der Waals surface area contributed by atoms with Gasteiger partial charge in [-0.05, 0) is 18.3 Å². The minimum Gasteiger partial charge on any atom is -0.496 e. The molecule has 0 unspecified atom stereocenters. The van der Waals surface area contributed by atoms with Crippen LogP contribution < -0.4 is 10.1 Å². The third kappa shape index (κ3) is 3.26. The highest BCUT2D eigenvalue weighted by Crippen LogP contribution is 2.43. The van der Waals surface area contributed by atoms with Crippen LogP contribution in [0, 0.1) is 5.41 Å². The molecular weight excluding hydrogens is 266 g/mol. The van der Waals surface area contributed by atoms with Crippen LogP contribution >= 0.6 is 11.3 Å². The van der Waals surface area contributed by atoms with Crippen molar-refractivity contribution in [3.8, 4) is 5.75 Å². The third-order valence-electron chi connectivity index (χ3n) is 3.60. The number of amides is 1. The molecule has 1 saturated carbocycles. The van der Waals surface area contributed by atoms with E-state index in [1.165, 1.54) is 11.3 Å². The van der Waals surface area contributed by atoms with Crippen LogP contribution in [-0.2, 0) is 4.79 Å². The number of nitrogens with one attached hydrogen (secondary N) is 1. The minimum absolute atomic E-state index is 0.126. The molecule has 0 saturated heterocycles. The van der Waals surface area contributed by atoms with Gasteiger partial charge in [-0.3, -0.25) is 9.59 Å². The first-order chi connectivity index (χ1) is 9.04. The number of hydrogen-bond acceptors (Lipinski definition) is 4. The summed E-state index contributed by atoms with van der Waals surface area (Å²) in [4.78, 5) is 23.4. The molecule has 1 aromatic rings. The van der Waals surface area contributed by atoms with Gasteiger partial charge in [0.25, 0.3) is 5.91 Å². The number of thiophene rings is 1. The van der Waals surface area contributed by atoms with E-state index in [9.17, 15) is 9.59 Å². The summed E-state index contributed by atoms with van der Waals surface area (Å²) in [6, 6.07) is 1.69. The molecule has 0 aliphatic heterocycles. The number of methoxy groups -OCH3 is 1. The SMILES string of the molecule is COc1csc(C(=O)NCC2(CC(=O)O)CCC2)c1. The molecule has 104 valence electrons. The zero-order valence-electron chi connectivity index (χ0n) is 10.8. The number of ether oxygens (including phenoxy) is 1. The fraction of sp³-hybridized carbons (Fsp3) is 0.538. The summed E-state index contributed by atoms with van der Waals surface area (Å²) in [6.07, 6.45) is 2.90. The standard InChI is InChI=1S/C13H17NO4S/c1-18-9-5-10(19-7-9)12(17)14-8-13(3-2-4-13)6-11(15)16/h5,7H,2-4,6,8H2,1H3,(H,14,17)(H,15,16). The van der Waals surface area contributed by atoms with Gasteiger partial charge in [-0.1, -0.05) is 6.42 Å². The second kappa shape index (κ2) is 5.61. The zero-order valence-corrected chi connectivity index (χ0v) is 11.6. The quantitative estimate of drug-likeness (QED) is 0.838. The molecule has 1 heterocycles. The van der Waals surface area contributed by atoms with Crippen LogP contribution in [0.4, 0.5) is 0 Å². The van der Waals surface area contributed by atoms with Gasteiger partial charge < -0.3 is 15.2 Å². The fourth-order valence-electron chi connectivity index (χ4n) is 2.31. The molecule has 19 heavy (non-hydrogen) atoms. The summed E-state index contributed by atoms with van der Waals surface area (Å²) in [5.41, 5.74) is -0.247. The van der Waals surface area contributed by atoms with Gasteiger partial charge in [-0.2, -0.15) is 0 Å². The van der Waals surface area contributed by atoms with E-state index in [0.717, 1.165) is 19.3 Å². The van der Waals surface area contributed by atoms with Crippen molar-refractivity contribution < 1.29 is 19.4 Å². The summed E-state index contributed by atoms with van der Waals surface area (Å²) in [7, 11) is 1.56. The molecule has 1 aliphatic carbocycles. The van der Waals surface area contributed by atoms with E-state index < -0.39 is 5.97 Å². The molecule has 6 heteroatoms. The van der Waals surface area contributed by atoms with Gasteiger partial charge in [0.1, 0.15) is 5.75 Å². The Morgan fingerprint density at radius 1 is 1.53 bits per heavy atom. The second-order valence-corrected chi connectivity index (χ2v) is 5.87. The number of carboxylic acid groups (broad SMARTS) is 1. The van der Waals surface area contributed by atoms with E-state index in [0.29, 0.717) is 17.2 Å². The van der Waals surface area contributed by atoms with Gasteiger partial charge in [0.2, 0.25) is 0 Å². The smallest absolute Gasteiger partial charge is 0.303 e. The first-order valence-corrected chi connectivity index (χ1v) is 7.05. The average Bonchev–Trinajstić information content (AvgIpc) is 2.80. The number of rotatable bonds is 6. The van der Waals surface area contributed by atoms with Crippen LogP contribution in [0.2, 0.25) is 0 Å². The zero-order chi connectivity index (χ0) is 13.9. The van der Waals surface area contributed by atoms with Gasteiger partial charge in [0.05, 0.1) is 18.4 Å². The van der Waals surface area contributed by atoms with Gasteiger partial charge in [-0.15, -0.1) is 11.3 Å². The lowest BCUT2D eigenvalue weighted by Gasteiger charge is -2.40. The highest BCUT2D eigenvalue weighted by Gasteiger charge is 2.39. The van der Waals surface area contributed by atoms with E-state index in [1.807, 2.05) is 0 Å². The lowest BCUT2D eigenvalue weighted by molar-refractivity contribution is -0.141. The molecule has 2 rings (SSSR count). The Hall–Kier alpha value is -1.56. The van der Waals surface area contributed by atoms with Crippen LogP contribution in [0.25, 0.3) is 0 Å². The van der Waals surface area contributed by atoms with Crippen LogP contribution in [0.15, 0.2) is 11.4 Å². The predicted octanol–water partition coefficient (Wildman–Crippen LogP) is 2.13. The molecule has 1 fully saturated rings. The minimum atomic E-state index is -0.799. The monoisotopic (exact) mass is 283 g/mol. The summed E-state index contributed by atoms with van der Waals surface area (Å²) in [5.74, 6) is -0.296. The topological polar surface area (TPSA) is 75.6 Å². The number of aliphatic carboxylic acids is 1. The molecular formula is C13H17NO4S. The van der Waals surface area contributed by atoms with Gasteiger partial charge in [-0.25, -0.2) is 0 Å². The Kier molecular flexibility index (Phi) is 4.09. The summed E-state index contributed by atoms with van der Waals surface area (Å²) in [6.45, 7) is 0.429. The normalized spacial score (nSPS) is 16.5. The van der Waals surface area contributed by atoms with Crippen molar-refractivity contribution in [2.45, 2.75) is 25.7 Å². The molecule has 0 bridgehead atoms. The number of carboxylic acids is 1. The maximum absolute atomic E-state index is 11.9. The lowest BCUT2D eigenvalue weighted by atomic mass is 9.66. The summed E-state index contributed by atoms with van der Waals surface area (Å²) < 4.78 is 5.03. The molecule has 1 aliphatic rings. The summed E-state index contributed by atoms with van der Waals surface area (Å²) in [5, 5.41) is 13.5. The second-order valence-electron chi connectivity index (χ2n) is 4.96. The highest BCUT2D eigenvalue weighted by molar-refractivity contribution is 7.12. The Balaban J connectivity index is 1.90. The van der Waals surface area contributed by atoms with Crippen molar-refractivity contribution >= 4 is 23.2 Å². The lowest BCUT2D eigenvalue weighted by Crippen LogP contribution is -2.43. The first kappa shape index (κ1) is 13.9. The molecule has 1 amide bonds. The molecule has 1 aromatic heterocycles. The molecule has 5 nitrogen and oxygen atoms in total. The predicted molar refractivity (Wildman–Crippen MR) is 71.7 cm³/mol. The Morgan fingerprint density at radius 3 is 2.74 bits per heavy atom. The maximum Gasteiger partial charge on any atom is 0.303 e. The van der Waals surface area contributed by atoms with E-state index in [-0.39, 0.29) is 17.7 Å². The molecule has 0 radical (unpaired) electrons. The number of carbonyl (C=O) groups is 2. The van der Waals surface area contributed by atoms with Crippen LogP contribution in [0.3, 0.4) is 0 Å². The fourth-order valence-corrected chi connectivity index (χ4v) is 3.08. The molecule has 2 N–H and O–H groups in total. The van der Waals surface area contributed by atoms with Crippen LogP contribution in [-0.4, -0.2) is 30.6 Å². The van der Waals surface area contributed by atoms with Crippen molar-refractivity contribution in [3.05, 3.63) is 16.3 Å². The summed E-state index contributed by atoms with van der Waals surface area (Å²) >= 11 is 1.32. The van der Waals surface area contributed by atoms with E-state index in [4.69, 9.17) is 9.84 Å². The van der Waals surface area contributed by atoms with Crippen LogP contribution in [0.1, 0.15) is 35.4 Å². The molecule has 0 atom stereocenters. The maximum atomic E-state index is 11.9. The van der Waals surface area contributed by atoms with Gasteiger partial charge in [0.15, 0.2) is 0 Å². The van der Waals surface area contributed by atoms with E-state index in [2.05, 4.69) is 5.32 Å². The first-order valence-electron chi connectivity index (χ1n) is 6.17. The Labute approximate surface area is 115 Å². The Bertz CT molecular complexity index is 479. The van der Waals surface area contributed by atoms with E-state index >= 15 is 0 Å². The Morgan fingerprint density at radius 2 is 2.26 bits per heavy atom. The number of hydrogen-bond donors (Lipinski definition) is 2. The van der Waals surface area contributed by atoms with Gasteiger partial charge >= 0.3 is 5.97 Å². The van der Waals surface area contributed by atoms with E-state index in [1.54, 1.807) is 18.6 Å².